The maximum atomic E-state index is 12.0. The molecule has 4 rings (SSSR count). The summed E-state index contributed by atoms with van der Waals surface area (Å²) in [5, 5.41) is 68.6. The minimum atomic E-state index is -2.32. The van der Waals surface area contributed by atoms with Crippen LogP contribution in [0.2, 0.25) is 0 Å². The molecule has 6 nitrogen and oxygen atoms in total. The zero-order chi connectivity index (χ0) is 24.6. The third kappa shape index (κ3) is 2.59. The lowest BCUT2D eigenvalue weighted by Gasteiger charge is -2.84. The van der Waals surface area contributed by atoms with Crippen LogP contribution in [0.3, 0.4) is 0 Å². The molecule has 2 saturated carbocycles. The van der Waals surface area contributed by atoms with Crippen LogP contribution in [0, 0.1) is 27.7 Å². The highest BCUT2D eigenvalue weighted by molar-refractivity contribution is 5.61. The fourth-order valence-electron chi connectivity index (χ4n) is 6.83. The Morgan fingerprint density at radius 1 is 0.848 bits per heavy atom. The number of rotatable bonds is 6. The number of hydrogen-bond acceptors (Lipinski definition) is 6. The van der Waals surface area contributed by atoms with E-state index in [1.165, 1.54) is 6.08 Å². The van der Waals surface area contributed by atoms with Gasteiger partial charge in [0, 0.05) is 0 Å². The predicted molar refractivity (Wildman–Crippen MR) is 125 cm³/mol. The van der Waals surface area contributed by atoms with Crippen molar-refractivity contribution in [2.24, 2.45) is 0 Å². The molecule has 0 saturated heterocycles. The molecule has 3 unspecified atom stereocenters. The molecule has 0 amide bonds. The molecule has 6 heteroatoms. The van der Waals surface area contributed by atoms with Crippen LogP contribution < -0.4 is 0 Å². The molecule has 2 aliphatic rings. The van der Waals surface area contributed by atoms with Crippen LogP contribution in [-0.4, -0.2) is 65.8 Å². The summed E-state index contributed by atoms with van der Waals surface area (Å²) >= 11 is 0. The van der Waals surface area contributed by atoms with E-state index in [9.17, 15) is 30.6 Å². The van der Waals surface area contributed by atoms with Crippen LogP contribution in [0.1, 0.15) is 51.6 Å². The zero-order valence-corrected chi connectivity index (χ0v) is 19.6. The lowest BCUT2D eigenvalue weighted by molar-refractivity contribution is -0.488. The third-order valence-corrected chi connectivity index (χ3v) is 8.21. The van der Waals surface area contributed by atoms with E-state index in [1.54, 1.807) is 12.1 Å². The van der Waals surface area contributed by atoms with Crippen molar-refractivity contribution in [2.75, 3.05) is 6.61 Å². The number of hydrogen-bond donors (Lipinski definition) is 6. The second-order valence-corrected chi connectivity index (χ2v) is 10.1. The summed E-state index contributed by atoms with van der Waals surface area (Å²) < 4.78 is 0. The highest BCUT2D eigenvalue weighted by atomic mass is 16.5. The van der Waals surface area contributed by atoms with E-state index in [2.05, 4.69) is 6.58 Å². The van der Waals surface area contributed by atoms with Gasteiger partial charge in [-0.15, -0.1) is 6.58 Å². The molecule has 2 aromatic rings. The third-order valence-electron chi connectivity index (χ3n) is 8.21. The molecule has 2 aromatic carbocycles. The first-order valence-corrected chi connectivity index (χ1v) is 11.3. The molecule has 0 bridgehead atoms. The van der Waals surface area contributed by atoms with Crippen molar-refractivity contribution < 1.29 is 30.6 Å². The van der Waals surface area contributed by atoms with Gasteiger partial charge in [0.25, 0.3) is 0 Å². The van der Waals surface area contributed by atoms with Crippen molar-refractivity contribution >= 4 is 0 Å². The quantitative estimate of drug-likeness (QED) is 0.369. The lowest BCUT2D eigenvalue weighted by atomic mass is 9.25. The van der Waals surface area contributed by atoms with E-state index in [0.717, 1.165) is 22.3 Å². The summed E-state index contributed by atoms with van der Waals surface area (Å²) in [4.78, 5) is 0. The Morgan fingerprint density at radius 3 is 1.76 bits per heavy atom. The standard InChI is InChI=1S/C27H34O6/c1-6-11-24(30)22(19-9-7-15(2)12-17(19)4)27(33)25(31,21(29)14-28)23(26(24,27)32)20-10-8-16(3)13-18(20)5/h6-10,12-13,21-23,28-33H,1,11,14H2,2-5H3/t21-,22?,23?,24?,25+,26+,27+/m1/s1. The summed E-state index contributed by atoms with van der Waals surface area (Å²) in [6, 6.07) is 10.9. The number of aliphatic hydroxyl groups is 6. The first kappa shape index (κ1) is 24.1. The molecule has 6 N–H and O–H groups in total. The van der Waals surface area contributed by atoms with Gasteiger partial charge in [-0.1, -0.05) is 53.6 Å². The van der Waals surface area contributed by atoms with Crippen molar-refractivity contribution in [1.29, 1.82) is 0 Å². The van der Waals surface area contributed by atoms with E-state index < -0.39 is 47.0 Å². The Balaban J connectivity index is 2.00. The van der Waals surface area contributed by atoms with Crippen molar-refractivity contribution in [3.05, 3.63) is 82.4 Å². The first-order chi connectivity index (χ1) is 15.4. The highest BCUT2D eigenvalue weighted by Crippen LogP contribution is 2.80. The molecule has 0 aromatic heterocycles. The molecule has 0 spiro atoms. The van der Waals surface area contributed by atoms with E-state index in [0.29, 0.717) is 11.1 Å². The summed E-state index contributed by atoms with van der Waals surface area (Å²) in [5.74, 6) is -2.37. The molecule has 2 aliphatic carbocycles. The minimum Gasteiger partial charge on any atom is -0.394 e. The second kappa shape index (κ2) is 7.47. The minimum absolute atomic E-state index is 0.0451. The molecule has 0 heterocycles. The molecule has 0 aliphatic heterocycles. The van der Waals surface area contributed by atoms with Crippen molar-refractivity contribution in [2.45, 2.75) is 74.5 Å². The highest BCUT2D eigenvalue weighted by Gasteiger charge is 2.98. The molecule has 33 heavy (non-hydrogen) atoms. The number of benzene rings is 2. The summed E-state index contributed by atoms with van der Waals surface area (Å²) in [6.07, 6.45) is -0.321. The van der Waals surface area contributed by atoms with Crippen LogP contribution in [-0.2, 0) is 0 Å². The van der Waals surface area contributed by atoms with Crippen molar-refractivity contribution in [3.63, 3.8) is 0 Å². The van der Waals surface area contributed by atoms with Gasteiger partial charge in [0.05, 0.1) is 18.4 Å². The Kier molecular flexibility index (Phi) is 5.45. The van der Waals surface area contributed by atoms with Gasteiger partial charge in [0.2, 0.25) is 0 Å². The zero-order valence-electron chi connectivity index (χ0n) is 19.6. The normalized spacial score (nSPS) is 38.1. The molecule has 2 fully saturated rings. The number of aryl methyl sites for hydroxylation is 4. The second-order valence-electron chi connectivity index (χ2n) is 10.1. The monoisotopic (exact) mass is 454 g/mol. The molecular weight excluding hydrogens is 420 g/mol. The summed E-state index contributed by atoms with van der Waals surface area (Å²) in [5.41, 5.74) is -4.19. The van der Waals surface area contributed by atoms with Gasteiger partial charge in [-0.25, -0.2) is 0 Å². The number of fused-ring (bicyclic) bond motifs is 1. The van der Waals surface area contributed by atoms with Gasteiger partial charge >= 0.3 is 0 Å². The maximum absolute atomic E-state index is 12.0. The van der Waals surface area contributed by atoms with Gasteiger partial charge < -0.3 is 30.6 Å². The van der Waals surface area contributed by atoms with Crippen LogP contribution in [0.4, 0.5) is 0 Å². The first-order valence-electron chi connectivity index (χ1n) is 11.3. The fraction of sp³-hybridized carbons (Fsp3) is 0.481. The van der Waals surface area contributed by atoms with Crippen LogP contribution in [0.5, 0.6) is 0 Å². The van der Waals surface area contributed by atoms with Gasteiger partial charge in [-0.2, -0.15) is 0 Å². The molecule has 7 atom stereocenters. The van der Waals surface area contributed by atoms with Gasteiger partial charge in [-0.3, -0.25) is 0 Å². The average molecular weight is 455 g/mol. The topological polar surface area (TPSA) is 121 Å². The van der Waals surface area contributed by atoms with Crippen LogP contribution >= 0.6 is 0 Å². The largest absolute Gasteiger partial charge is 0.394 e. The Hall–Kier alpha value is -2.06. The average Bonchev–Trinajstić information content (AvgIpc) is 2.75. The summed E-state index contributed by atoms with van der Waals surface area (Å²) in [7, 11) is 0. The molecular formula is C27H34O6. The van der Waals surface area contributed by atoms with Gasteiger partial charge in [0.15, 0.2) is 0 Å². The Bertz CT molecular complexity index is 1110. The van der Waals surface area contributed by atoms with E-state index >= 15 is 0 Å². The Morgan fingerprint density at radius 2 is 1.33 bits per heavy atom. The molecule has 178 valence electrons. The summed E-state index contributed by atoms with van der Waals surface area (Å²) in [6.45, 7) is 10.4. The van der Waals surface area contributed by atoms with Crippen molar-refractivity contribution in [1.82, 2.24) is 0 Å². The predicted octanol–water partition coefficient (Wildman–Crippen LogP) is 1.67. The van der Waals surface area contributed by atoms with Crippen LogP contribution in [0.15, 0.2) is 49.1 Å². The van der Waals surface area contributed by atoms with Crippen molar-refractivity contribution in [3.8, 4) is 0 Å². The van der Waals surface area contributed by atoms with E-state index in [4.69, 9.17) is 0 Å². The lowest BCUT2D eigenvalue weighted by Crippen LogP contribution is -3.03. The SMILES string of the molecule is C=CCC1(O)C(c2ccc(C)cc2C)[C@]2(O)[C@](O)([C@H](O)CO)C(c3ccc(C)cc3C)[C@]12O. The fourth-order valence-corrected chi connectivity index (χ4v) is 6.83. The smallest absolute Gasteiger partial charge is 0.138 e. The molecule has 0 radical (unpaired) electrons. The van der Waals surface area contributed by atoms with Crippen LogP contribution in [0.25, 0.3) is 0 Å². The maximum Gasteiger partial charge on any atom is 0.138 e. The van der Waals surface area contributed by atoms with E-state index in [-0.39, 0.29) is 6.42 Å². The van der Waals surface area contributed by atoms with E-state index in [1.807, 2.05) is 52.0 Å². The number of aliphatic hydroxyl groups excluding tert-OH is 2. The Labute approximate surface area is 194 Å². The van der Waals surface area contributed by atoms with Gasteiger partial charge in [0.1, 0.15) is 28.5 Å². The van der Waals surface area contributed by atoms with Gasteiger partial charge in [-0.05, 0) is 56.4 Å².